The molecule has 1 aliphatic rings. The van der Waals surface area contributed by atoms with Gasteiger partial charge in [-0.05, 0) is 30.1 Å². The van der Waals surface area contributed by atoms with Crippen LogP contribution in [0.1, 0.15) is 32.8 Å². The van der Waals surface area contributed by atoms with Gasteiger partial charge in [-0.3, -0.25) is 4.90 Å². The van der Waals surface area contributed by atoms with Gasteiger partial charge < -0.3 is 14.3 Å². The average molecular weight is 392 g/mol. The first-order valence-corrected chi connectivity index (χ1v) is 12.4. The molecule has 2 rings (SSSR count). The highest BCUT2D eigenvalue weighted by atomic mass is 28.4. The molecule has 1 N–H and O–H groups in total. The zero-order chi connectivity index (χ0) is 20.2. The molecule has 0 saturated carbocycles. The number of benzene rings is 1. The molecule has 1 aromatic carbocycles. The second-order valence-corrected chi connectivity index (χ2v) is 13.4. The number of hydrogen-bond acceptors (Lipinski definition) is 4. The zero-order valence-corrected chi connectivity index (χ0v) is 18.1. The Labute approximate surface area is 164 Å². The summed E-state index contributed by atoms with van der Waals surface area (Å²) in [7, 11) is -2.06. The number of hydrogen-bond donors (Lipinski definition) is 1. The summed E-state index contributed by atoms with van der Waals surface area (Å²) < 4.78 is 11.9. The fourth-order valence-corrected chi connectivity index (χ4v) is 4.31. The van der Waals surface area contributed by atoms with E-state index in [1.165, 1.54) is 0 Å². The van der Waals surface area contributed by atoms with Crippen molar-refractivity contribution in [1.29, 1.82) is 0 Å². The van der Waals surface area contributed by atoms with Gasteiger partial charge in [0.15, 0.2) is 8.32 Å². The van der Waals surface area contributed by atoms with Crippen molar-refractivity contribution in [1.82, 2.24) is 4.90 Å². The van der Waals surface area contributed by atoms with Gasteiger partial charge >= 0.3 is 6.09 Å². The van der Waals surface area contributed by atoms with Crippen LogP contribution in [-0.2, 0) is 15.8 Å². The van der Waals surface area contributed by atoms with Crippen molar-refractivity contribution in [2.45, 2.75) is 70.2 Å². The Morgan fingerprint density at radius 1 is 1.33 bits per heavy atom. The Balaban J connectivity index is 2.08. The Bertz CT molecular complexity index is 641. The van der Waals surface area contributed by atoms with E-state index in [9.17, 15) is 9.90 Å². The third-order valence-corrected chi connectivity index (χ3v) is 10.2. The van der Waals surface area contributed by atoms with Gasteiger partial charge in [0.25, 0.3) is 0 Å². The highest BCUT2D eigenvalue weighted by Crippen LogP contribution is 2.39. The van der Waals surface area contributed by atoms with Crippen LogP contribution >= 0.6 is 0 Å². The van der Waals surface area contributed by atoms with Crippen LogP contribution in [0.3, 0.4) is 0 Å². The van der Waals surface area contributed by atoms with Crippen LogP contribution in [0.25, 0.3) is 0 Å². The molecule has 1 aromatic rings. The molecular weight excluding hydrogens is 358 g/mol. The minimum Gasteiger partial charge on any atom is -0.445 e. The van der Waals surface area contributed by atoms with Gasteiger partial charge in [-0.15, -0.1) is 6.58 Å². The summed E-state index contributed by atoms with van der Waals surface area (Å²) in [6.45, 7) is 15.1. The lowest BCUT2D eigenvalue weighted by atomic mass is 10.1. The van der Waals surface area contributed by atoms with E-state index in [4.69, 9.17) is 9.16 Å². The Morgan fingerprint density at radius 3 is 2.52 bits per heavy atom. The monoisotopic (exact) mass is 391 g/mol. The van der Waals surface area contributed by atoms with E-state index in [2.05, 4.69) is 40.4 Å². The zero-order valence-electron chi connectivity index (χ0n) is 17.1. The molecule has 27 heavy (non-hydrogen) atoms. The third kappa shape index (κ3) is 5.21. The van der Waals surface area contributed by atoms with Gasteiger partial charge in [-0.2, -0.15) is 0 Å². The van der Waals surface area contributed by atoms with Crippen LogP contribution in [0.15, 0.2) is 43.0 Å². The highest BCUT2D eigenvalue weighted by molar-refractivity contribution is 6.74. The van der Waals surface area contributed by atoms with Crippen LogP contribution in [0.4, 0.5) is 4.79 Å². The van der Waals surface area contributed by atoms with Crippen LogP contribution in [-0.4, -0.2) is 49.2 Å². The minimum atomic E-state index is -2.06. The molecule has 1 fully saturated rings. The van der Waals surface area contributed by atoms with E-state index in [1.807, 2.05) is 30.3 Å². The third-order valence-electron chi connectivity index (χ3n) is 5.65. The lowest BCUT2D eigenvalue weighted by molar-refractivity contribution is 0.0421. The van der Waals surface area contributed by atoms with Crippen molar-refractivity contribution in [3.05, 3.63) is 48.6 Å². The van der Waals surface area contributed by atoms with Gasteiger partial charge in [-0.1, -0.05) is 57.2 Å². The van der Waals surface area contributed by atoms with Crippen molar-refractivity contribution in [2.75, 3.05) is 6.54 Å². The van der Waals surface area contributed by atoms with Gasteiger partial charge in [0, 0.05) is 0 Å². The summed E-state index contributed by atoms with van der Waals surface area (Å²) in [6.07, 6.45) is 0.645. The smallest absolute Gasteiger partial charge is 0.410 e. The first-order chi connectivity index (χ1) is 12.6. The Kier molecular flexibility index (Phi) is 6.89. The van der Waals surface area contributed by atoms with Crippen molar-refractivity contribution >= 4 is 14.4 Å². The number of carbonyl (C=O) groups is 1. The quantitative estimate of drug-likeness (QED) is 0.579. The van der Waals surface area contributed by atoms with Gasteiger partial charge in [-0.25, -0.2) is 4.79 Å². The van der Waals surface area contributed by atoms with Crippen LogP contribution < -0.4 is 0 Å². The maximum absolute atomic E-state index is 12.7. The number of carbonyl (C=O) groups excluding carboxylic acids is 1. The van der Waals surface area contributed by atoms with E-state index in [1.54, 1.807) is 11.0 Å². The number of nitrogens with zero attached hydrogens (tertiary/aromatic N) is 1. The first-order valence-electron chi connectivity index (χ1n) is 9.51. The Hall–Kier alpha value is -1.63. The van der Waals surface area contributed by atoms with E-state index in [-0.39, 0.29) is 17.7 Å². The van der Waals surface area contributed by atoms with E-state index in [0.717, 1.165) is 5.56 Å². The topological polar surface area (TPSA) is 59.0 Å². The summed E-state index contributed by atoms with van der Waals surface area (Å²) in [5, 5.41) is 10.8. The summed E-state index contributed by atoms with van der Waals surface area (Å²) in [5.74, 6) is 0. The minimum absolute atomic E-state index is 0.0297. The average Bonchev–Trinajstić information content (AvgIpc) is 2.89. The van der Waals surface area contributed by atoms with Gasteiger partial charge in [0.2, 0.25) is 0 Å². The van der Waals surface area contributed by atoms with Gasteiger partial charge in [0.1, 0.15) is 12.7 Å². The standard InChI is InChI=1S/C21H33NO4Si/c1-7-11-17-19(23)18(26-27(5,6)21(2,3)4)14-22(17)20(24)25-15-16-12-9-8-10-13-16/h7-10,12-13,17-19,23H,1,11,14-15H2,2-6H3/t17-,18-,19+/m1/s1. The highest BCUT2D eigenvalue weighted by Gasteiger charge is 2.48. The number of rotatable bonds is 6. The number of likely N-dealkylation sites (tertiary alicyclic amines) is 1. The lowest BCUT2D eigenvalue weighted by Gasteiger charge is -2.39. The number of amides is 1. The molecule has 0 aromatic heterocycles. The second-order valence-electron chi connectivity index (χ2n) is 8.69. The molecule has 0 bridgehead atoms. The van der Waals surface area contributed by atoms with Crippen molar-refractivity contribution in [3.8, 4) is 0 Å². The molecule has 6 heteroatoms. The molecule has 3 atom stereocenters. The number of aliphatic hydroxyl groups excluding tert-OH is 1. The normalized spacial score (nSPS) is 23.3. The number of ether oxygens (including phenoxy) is 1. The molecule has 1 amide bonds. The molecular formula is C21H33NO4Si. The summed E-state index contributed by atoms with van der Waals surface area (Å²) in [4.78, 5) is 14.3. The van der Waals surface area contributed by atoms with Crippen molar-refractivity contribution in [2.24, 2.45) is 0 Å². The first kappa shape index (κ1) is 21.7. The molecule has 1 aliphatic heterocycles. The summed E-state index contributed by atoms with van der Waals surface area (Å²) >= 11 is 0. The molecule has 1 heterocycles. The molecule has 5 nitrogen and oxygen atoms in total. The Morgan fingerprint density at radius 2 is 1.96 bits per heavy atom. The molecule has 0 radical (unpaired) electrons. The van der Waals surface area contributed by atoms with Crippen molar-refractivity contribution < 1.29 is 19.1 Å². The molecule has 0 spiro atoms. The van der Waals surface area contributed by atoms with E-state index in [0.29, 0.717) is 13.0 Å². The molecule has 0 unspecified atom stereocenters. The largest absolute Gasteiger partial charge is 0.445 e. The number of aliphatic hydroxyl groups is 1. The van der Waals surface area contributed by atoms with Gasteiger partial charge in [0.05, 0.1) is 18.7 Å². The predicted molar refractivity (Wildman–Crippen MR) is 110 cm³/mol. The SMILES string of the molecule is C=CC[C@@H]1[C@H](O)[C@H](O[Si](C)(C)C(C)(C)C)CN1C(=O)OCc1ccccc1. The molecule has 150 valence electrons. The molecule has 1 saturated heterocycles. The van der Waals surface area contributed by atoms with E-state index < -0.39 is 26.6 Å². The summed E-state index contributed by atoms with van der Waals surface area (Å²) in [6, 6.07) is 9.19. The maximum atomic E-state index is 12.7. The fraction of sp³-hybridized carbons (Fsp3) is 0.571. The predicted octanol–water partition coefficient (Wildman–Crippen LogP) is 4.33. The van der Waals surface area contributed by atoms with Crippen LogP contribution in [0.2, 0.25) is 18.1 Å². The van der Waals surface area contributed by atoms with Crippen molar-refractivity contribution in [3.63, 3.8) is 0 Å². The van der Waals surface area contributed by atoms with E-state index >= 15 is 0 Å². The summed E-state index contributed by atoms with van der Waals surface area (Å²) in [5.41, 5.74) is 0.930. The fourth-order valence-electron chi connectivity index (χ4n) is 2.98. The second kappa shape index (κ2) is 8.58. The molecule has 0 aliphatic carbocycles. The van der Waals surface area contributed by atoms with Crippen LogP contribution in [0, 0.1) is 0 Å². The van der Waals surface area contributed by atoms with Crippen LogP contribution in [0.5, 0.6) is 0 Å². The lowest BCUT2D eigenvalue weighted by Crippen LogP contribution is -2.47. The maximum Gasteiger partial charge on any atom is 0.410 e.